The minimum absolute atomic E-state index is 0.0425. The highest BCUT2D eigenvalue weighted by atomic mass is 32.2. The van der Waals surface area contributed by atoms with E-state index in [2.05, 4.69) is 13.8 Å². The van der Waals surface area contributed by atoms with Crippen LogP contribution >= 0.6 is 12.2 Å². The highest BCUT2D eigenvalue weighted by Gasteiger charge is 2.36. The Balaban J connectivity index is 2.36. The first-order chi connectivity index (χ1) is 9.13. The topological polar surface area (TPSA) is 63.4 Å². The molecule has 110 valence electrons. The number of aryl methyl sites for hydroxylation is 1. The Morgan fingerprint density at radius 3 is 2.50 bits per heavy atom. The lowest BCUT2D eigenvalue weighted by atomic mass is 9.93. The van der Waals surface area contributed by atoms with Gasteiger partial charge in [0.2, 0.25) is 10.0 Å². The molecule has 20 heavy (non-hydrogen) atoms. The van der Waals surface area contributed by atoms with Crippen LogP contribution in [-0.2, 0) is 10.0 Å². The van der Waals surface area contributed by atoms with Crippen LogP contribution in [0.15, 0.2) is 23.1 Å². The molecule has 4 nitrogen and oxygen atoms in total. The minimum atomic E-state index is -3.43. The quantitative estimate of drug-likeness (QED) is 0.868. The first kappa shape index (κ1) is 15.4. The van der Waals surface area contributed by atoms with Gasteiger partial charge in [-0.05, 0) is 36.5 Å². The normalized spacial score (nSPS) is 19.1. The Labute approximate surface area is 126 Å². The summed E-state index contributed by atoms with van der Waals surface area (Å²) in [5, 5.41) is 0. The van der Waals surface area contributed by atoms with E-state index in [1.807, 2.05) is 6.92 Å². The smallest absolute Gasteiger partial charge is 0.243 e. The van der Waals surface area contributed by atoms with Gasteiger partial charge in [-0.3, -0.25) is 0 Å². The van der Waals surface area contributed by atoms with Gasteiger partial charge in [0.25, 0.3) is 0 Å². The van der Waals surface area contributed by atoms with Crippen LogP contribution in [0.4, 0.5) is 0 Å². The molecule has 1 aromatic rings. The zero-order chi connectivity index (χ0) is 15.1. The fourth-order valence-electron chi connectivity index (χ4n) is 2.49. The molecule has 0 aliphatic carbocycles. The molecule has 2 N–H and O–H groups in total. The molecular formula is C14H20N2O2S2. The lowest BCUT2D eigenvalue weighted by Gasteiger charge is -2.20. The zero-order valence-corrected chi connectivity index (χ0v) is 13.6. The summed E-state index contributed by atoms with van der Waals surface area (Å²) in [5.74, 6) is 0. The van der Waals surface area contributed by atoms with Crippen molar-refractivity contribution in [1.82, 2.24) is 4.31 Å². The van der Waals surface area contributed by atoms with Crippen LogP contribution < -0.4 is 5.73 Å². The third kappa shape index (κ3) is 2.87. The summed E-state index contributed by atoms with van der Waals surface area (Å²) >= 11 is 4.94. The number of nitrogens with zero attached hydrogens (tertiary/aromatic N) is 1. The highest BCUT2D eigenvalue weighted by Crippen LogP contribution is 2.33. The van der Waals surface area contributed by atoms with E-state index in [9.17, 15) is 8.42 Å². The molecular weight excluding hydrogens is 292 g/mol. The van der Waals surface area contributed by atoms with Gasteiger partial charge < -0.3 is 5.73 Å². The van der Waals surface area contributed by atoms with Gasteiger partial charge in [-0.25, -0.2) is 8.42 Å². The number of thiocarbonyl (C=S) groups is 1. The van der Waals surface area contributed by atoms with Crippen molar-refractivity contribution in [3.05, 3.63) is 29.3 Å². The SMILES string of the molecule is Cc1cc(S(=O)(=O)N2CCC(C)(C)C2)ccc1C(N)=S. The van der Waals surface area contributed by atoms with E-state index < -0.39 is 10.0 Å². The maximum atomic E-state index is 12.6. The minimum Gasteiger partial charge on any atom is -0.389 e. The summed E-state index contributed by atoms with van der Waals surface area (Å²) in [6.45, 7) is 7.13. The predicted octanol–water partition coefficient (Wildman–Crippen LogP) is 2.05. The Bertz CT molecular complexity index is 651. The maximum absolute atomic E-state index is 12.6. The Hall–Kier alpha value is -0.980. The predicted molar refractivity (Wildman–Crippen MR) is 84.2 cm³/mol. The fourth-order valence-corrected chi connectivity index (χ4v) is 4.43. The van der Waals surface area contributed by atoms with Gasteiger partial charge >= 0.3 is 0 Å². The largest absolute Gasteiger partial charge is 0.389 e. The summed E-state index contributed by atoms with van der Waals surface area (Å²) in [6.07, 6.45) is 0.885. The standard InChI is InChI=1S/C14H20N2O2S2/c1-10-8-11(4-5-12(10)13(15)19)20(17,18)16-7-6-14(2,3)9-16/h4-5,8H,6-7,9H2,1-3H3,(H2,15,19). The monoisotopic (exact) mass is 312 g/mol. The molecule has 1 aliphatic rings. The van der Waals surface area contributed by atoms with Crippen molar-refractivity contribution in [1.29, 1.82) is 0 Å². The first-order valence-electron chi connectivity index (χ1n) is 6.54. The van der Waals surface area contributed by atoms with Crippen LogP contribution in [0, 0.1) is 12.3 Å². The molecule has 2 rings (SSSR count). The Morgan fingerprint density at radius 2 is 2.05 bits per heavy atom. The molecule has 6 heteroatoms. The van der Waals surface area contributed by atoms with Gasteiger partial charge in [-0.2, -0.15) is 4.31 Å². The Morgan fingerprint density at radius 1 is 1.40 bits per heavy atom. The summed E-state index contributed by atoms with van der Waals surface area (Å²) in [4.78, 5) is 0.599. The van der Waals surface area contributed by atoms with Gasteiger partial charge in [0.15, 0.2) is 0 Å². The summed E-state index contributed by atoms with van der Waals surface area (Å²) < 4.78 is 26.8. The zero-order valence-electron chi connectivity index (χ0n) is 12.0. The molecule has 1 fully saturated rings. The van der Waals surface area contributed by atoms with Gasteiger partial charge in [0.05, 0.1) is 4.90 Å². The van der Waals surface area contributed by atoms with E-state index in [4.69, 9.17) is 18.0 Å². The average molecular weight is 312 g/mol. The molecule has 0 amide bonds. The number of benzene rings is 1. The lowest BCUT2D eigenvalue weighted by molar-refractivity contribution is 0.375. The van der Waals surface area contributed by atoms with Crippen molar-refractivity contribution in [2.24, 2.45) is 11.1 Å². The van der Waals surface area contributed by atoms with Crippen molar-refractivity contribution < 1.29 is 8.42 Å². The second-order valence-electron chi connectivity index (χ2n) is 6.09. The van der Waals surface area contributed by atoms with Crippen molar-refractivity contribution in [2.45, 2.75) is 32.1 Å². The average Bonchev–Trinajstić information content (AvgIpc) is 2.69. The van der Waals surface area contributed by atoms with Crippen LogP contribution in [0.2, 0.25) is 0 Å². The third-order valence-corrected chi connectivity index (χ3v) is 5.80. The molecule has 0 saturated carbocycles. The van der Waals surface area contributed by atoms with Gasteiger partial charge in [0, 0.05) is 18.7 Å². The molecule has 0 spiro atoms. The Kier molecular flexibility index (Phi) is 3.92. The van der Waals surface area contributed by atoms with E-state index in [0.29, 0.717) is 18.0 Å². The van der Waals surface area contributed by atoms with Gasteiger partial charge in [-0.15, -0.1) is 0 Å². The van der Waals surface area contributed by atoms with Crippen molar-refractivity contribution in [2.75, 3.05) is 13.1 Å². The van der Waals surface area contributed by atoms with Gasteiger partial charge in [0.1, 0.15) is 4.99 Å². The van der Waals surface area contributed by atoms with Crippen molar-refractivity contribution in [3.8, 4) is 0 Å². The van der Waals surface area contributed by atoms with Crippen LogP contribution in [0.3, 0.4) is 0 Å². The second kappa shape index (κ2) is 5.09. The van der Waals surface area contributed by atoms with E-state index in [1.54, 1.807) is 22.5 Å². The highest BCUT2D eigenvalue weighted by molar-refractivity contribution is 7.89. The van der Waals surface area contributed by atoms with Crippen LogP contribution in [0.25, 0.3) is 0 Å². The van der Waals surface area contributed by atoms with E-state index in [1.165, 1.54) is 0 Å². The lowest BCUT2D eigenvalue weighted by Crippen LogP contribution is -2.30. The first-order valence-corrected chi connectivity index (χ1v) is 8.39. The van der Waals surface area contributed by atoms with Crippen LogP contribution in [-0.4, -0.2) is 30.8 Å². The fraction of sp³-hybridized carbons (Fsp3) is 0.500. The van der Waals surface area contributed by atoms with Crippen molar-refractivity contribution >= 4 is 27.2 Å². The van der Waals surface area contributed by atoms with E-state index >= 15 is 0 Å². The summed E-state index contributed by atoms with van der Waals surface area (Å²) in [7, 11) is -3.43. The van der Waals surface area contributed by atoms with Gasteiger partial charge in [-0.1, -0.05) is 32.1 Å². The molecule has 0 bridgehead atoms. The van der Waals surface area contributed by atoms with Crippen molar-refractivity contribution in [3.63, 3.8) is 0 Å². The molecule has 1 saturated heterocycles. The second-order valence-corrected chi connectivity index (χ2v) is 8.47. The number of rotatable bonds is 3. The summed E-state index contributed by atoms with van der Waals surface area (Å²) in [5.41, 5.74) is 7.16. The number of hydrogen-bond donors (Lipinski definition) is 1. The van der Waals surface area contributed by atoms with E-state index in [-0.39, 0.29) is 10.4 Å². The molecule has 1 aliphatic heterocycles. The van der Waals surface area contributed by atoms with Crippen LogP contribution in [0.1, 0.15) is 31.4 Å². The van der Waals surface area contributed by atoms with Crippen LogP contribution in [0.5, 0.6) is 0 Å². The summed E-state index contributed by atoms with van der Waals surface area (Å²) in [6, 6.07) is 4.92. The molecule has 0 unspecified atom stereocenters. The molecule has 0 radical (unpaired) electrons. The molecule has 0 aromatic heterocycles. The maximum Gasteiger partial charge on any atom is 0.243 e. The molecule has 1 heterocycles. The van der Waals surface area contributed by atoms with E-state index in [0.717, 1.165) is 17.5 Å². The number of nitrogens with two attached hydrogens (primary N) is 1. The molecule has 0 atom stereocenters. The molecule has 1 aromatic carbocycles. The third-order valence-electron chi connectivity index (χ3n) is 3.74. The number of hydrogen-bond acceptors (Lipinski definition) is 3. The number of sulfonamides is 1.